The lowest BCUT2D eigenvalue weighted by Gasteiger charge is -2.34. The Balaban J connectivity index is 2.57. The molecule has 0 spiro atoms. The van der Waals surface area contributed by atoms with Crippen molar-refractivity contribution in [3.05, 3.63) is 59.7 Å². The number of nitrogens with zero attached hydrogens (tertiary/aromatic N) is 2. The number of rotatable bonds is 20. The molecule has 0 saturated carbocycles. The topological polar surface area (TPSA) is 23.6 Å². The van der Waals surface area contributed by atoms with E-state index in [0.717, 1.165) is 37.3 Å². The van der Waals surface area contributed by atoms with Crippen molar-refractivity contribution in [2.45, 2.75) is 105 Å². The highest BCUT2D eigenvalue weighted by atomic mass is 16.1. The normalized spacial score (nSPS) is 11.0. The van der Waals surface area contributed by atoms with Crippen LogP contribution in [0.2, 0.25) is 0 Å². The Morgan fingerprint density at radius 3 is 1.50 bits per heavy atom. The van der Waals surface area contributed by atoms with Crippen LogP contribution in [0.4, 0.5) is 11.4 Å². The SMILES string of the molecule is CCCCCN(CCCCC)c1cccc(C(=O)c2ccccc2)c1N(CCCCC)CCCCC. The molecule has 36 heavy (non-hydrogen) atoms. The number of benzene rings is 2. The molecule has 2 rings (SSSR count). The summed E-state index contributed by atoms with van der Waals surface area (Å²) in [6, 6.07) is 16.3. The quantitative estimate of drug-likeness (QED) is 0.136. The summed E-state index contributed by atoms with van der Waals surface area (Å²) in [7, 11) is 0. The van der Waals surface area contributed by atoms with E-state index in [1.165, 1.54) is 88.4 Å². The monoisotopic (exact) mass is 492 g/mol. The van der Waals surface area contributed by atoms with Crippen molar-refractivity contribution in [1.82, 2.24) is 0 Å². The lowest BCUT2D eigenvalue weighted by molar-refractivity contribution is 0.103. The van der Waals surface area contributed by atoms with E-state index in [1.807, 2.05) is 30.3 Å². The van der Waals surface area contributed by atoms with Gasteiger partial charge in [-0.2, -0.15) is 0 Å². The molecule has 3 nitrogen and oxygen atoms in total. The summed E-state index contributed by atoms with van der Waals surface area (Å²) in [5.41, 5.74) is 4.08. The zero-order valence-electron chi connectivity index (χ0n) is 23.7. The third-order valence-electron chi connectivity index (χ3n) is 7.08. The first kappa shape index (κ1) is 29.9. The van der Waals surface area contributed by atoms with E-state index in [4.69, 9.17) is 0 Å². The van der Waals surface area contributed by atoms with Crippen LogP contribution in [0.3, 0.4) is 0 Å². The fraction of sp³-hybridized carbons (Fsp3) is 0.606. The molecule has 0 unspecified atom stereocenters. The van der Waals surface area contributed by atoms with Crippen LogP contribution in [0.5, 0.6) is 0 Å². The fourth-order valence-electron chi connectivity index (χ4n) is 4.95. The van der Waals surface area contributed by atoms with Gasteiger partial charge in [-0.05, 0) is 37.8 Å². The molecule has 0 aliphatic rings. The molecule has 200 valence electrons. The molecule has 0 fully saturated rings. The van der Waals surface area contributed by atoms with Crippen molar-refractivity contribution >= 4 is 17.2 Å². The number of para-hydroxylation sites is 1. The van der Waals surface area contributed by atoms with Crippen LogP contribution in [-0.4, -0.2) is 32.0 Å². The van der Waals surface area contributed by atoms with E-state index in [0.29, 0.717) is 0 Å². The second-order valence-corrected chi connectivity index (χ2v) is 10.2. The summed E-state index contributed by atoms with van der Waals surface area (Å²) in [4.78, 5) is 19.0. The van der Waals surface area contributed by atoms with Gasteiger partial charge in [-0.25, -0.2) is 0 Å². The molecule has 0 aliphatic heterocycles. The van der Waals surface area contributed by atoms with Gasteiger partial charge in [0.15, 0.2) is 5.78 Å². The molecular weight excluding hydrogens is 440 g/mol. The van der Waals surface area contributed by atoms with E-state index in [2.05, 4.69) is 55.7 Å². The third-order valence-corrected chi connectivity index (χ3v) is 7.08. The van der Waals surface area contributed by atoms with E-state index in [1.54, 1.807) is 0 Å². The largest absolute Gasteiger partial charge is 0.370 e. The molecule has 0 aliphatic carbocycles. The first-order chi connectivity index (χ1) is 17.7. The van der Waals surface area contributed by atoms with Gasteiger partial charge in [-0.3, -0.25) is 4.79 Å². The third kappa shape index (κ3) is 9.64. The first-order valence-corrected chi connectivity index (χ1v) is 14.9. The number of hydrogen-bond acceptors (Lipinski definition) is 3. The van der Waals surface area contributed by atoms with Crippen molar-refractivity contribution in [2.75, 3.05) is 36.0 Å². The summed E-state index contributed by atoms with van der Waals surface area (Å²) >= 11 is 0. The fourth-order valence-corrected chi connectivity index (χ4v) is 4.95. The Bertz CT molecular complexity index is 828. The zero-order chi connectivity index (χ0) is 26.0. The number of carbonyl (C=O) groups excluding carboxylic acids is 1. The maximum Gasteiger partial charge on any atom is 0.195 e. The second-order valence-electron chi connectivity index (χ2n) is 10.2. The zero-order valence-corrected chi connectivity index (χ0v) is 23.7. The summed E-state index contributed by atoms with van der Waals surface area (Å²) in [6.45, 7) is 13.2. The number of ketones is 1. The van der Waals surface area contributed by atoms with Crippen molar-refractivity contribution in [1.29, 1.82) is 0 Å². The Hall–Kier alpha value is -2.29. The minimum absolute atomic E-state index is 0.144. The maximum atomic E-state index is 13.9. The van der Waals surface area contributed by atoms with Crippen molar-refractivity contribution in [2.24, 2.45) is 0 Å². The highest BCUT2D eigenvalue weighted by Crippen LogP contribution is 2.36. The van der Waals surface area contributed by atoms with Crippen LogP contribution >= 0.6 is 0 Å². The molecule has 0 radical (unpaired) electrons. The summed E-state index contributed by atoms with van der Waals surface area (Å²) < 4.78 is 0. The van der Waals surface area contributed by atoms with Crippen molar-refractivity contribution in [3.8, 4) is 0 Å². The van der Waals surface area contributed by atoms with Crippen LogP contribution in [0.15, 0.2) is 48.5 Å². The minimum atomic E-state index is 0.144. The summed E-state index contributed by atoms with van der Waals surface area (Å²) in [5.74, 6) is 0.144. The summed E-state index contributed by atoms with van der Waals surface area (Å²) in [6.07, 6.45) is 14.6. The van der Waals surface area contributed by atoms with Crippen LogP contribution in [0, 0.1) is 0 Å². The van der Waals surface area contributed by atoms with Gasteiger partial charge < -0.3 is 9.80 Å². The highest BCUT2D eigenvalue weighted by Gasteiger charge is 2.24. The van der Waals surface area contributed by atoms with E-state index < -0.39 is 0 Å². The second kappa shape index (κ2) is 18.0. The predicted octanol–water partition coefficient (Wildman–Crippen LogP) is 9.29. The number of unbranched alkanes of at least 4 members (excludes halogenated alkanes) is 8. The average molecular weight is 493 g/mol. The van der Waals surface area contributed by atoms with Gasteiger partial charge in [0.2, 0.25) is 0 Å². The molecule has 3 heteroatoms. The molecule has 0 amide bonds. The van der Waals surface area contributed by atoms with Gasteiger partial charge in [0.1, 0.15) is 0 Å². The van der Waals surface area contributed by atoms with Crippen molar-refractivity contribution < 1.29 is 4.79 Å². The van der Waals surface area contributed by atoms with Crippen LogP contribution in [0.1, 0.15) is 121 Å². The van der Waals surface area contributed by atoms with Gasteiger partial charge in [0.25, 0.3) is 0 Å². The van der Waals surface area contributed by atoms with Gasteiger partial charge in [0, 0.05) is 37.3 Å². The molecule has 0 atom stereocenters. The van der Waals surface area contributed by atoms with Gasteiger partial charge in [0.05, 0.1) is 11.4 Å². The van der Waals surface area contributed by atoms with Gasteiger partial charge in [-0.15, -0.1) is 0 Å². The highest BCUT2D eigenvalue weighted by molar-refractivity contribution is 6.14. The predicted molar refractivity (Wildman–Crippen MR) is 159 cm³/mol. The minimum Gasteiger partial charge on any atom is -0.370 e. The molecule has 0 heterocycles. The van der Waals surface area contributed by atoms with Gasteiger partial charge in [-0.1, -0.05) is 115 Å². The number of anilines is 2. The maximum absolute atomic E-state index is 13.9. The Morgan fingerprint density at radius 2 is 1.03 bits per heavy atom. The van der Waals surface area contributed by atoms with E-state index in [9.17, 15) is 4.79 Å². The standard InChI is InChI=1S/C33H52N2O/c1-5-9-16-25-34(26-17-10-6-2)31-24-20-23-30(33(36)29-21-14-13-15-22-29)32(31)35(27-18-11-7-3)28-19-12-8-4/h13-15,20-24H,5-12,16-19,25-28H2,1-4H3. The van der Waals surface area contributed by atoms with E-state index in [-0.39, 0.29) is 5.78 Å². The van der Waals surface area contributed by atoms with Crippen LogP contribution in [-0.2, 0) is 0 Å². The van der Waals surface area contributed by atoms with E-state index >= 15 is 0 Å². The lowest BCUT2D eigenvalue weighted by atomic mass is 9.98. The molecule has 0 bridgehead atoms. The number of carbonyl (C=O) groups is 1. The Kier molecular flexibility index (Phi) is 15.0. The molecular formula is C33H52N2O. The molecule has 0 N–H and O–H groups in total. The van der Waals surface area contributed by atoms with Crippen LogP contribution < -0.4 is 9.80 Å². The average Bonchev–Trinajstić information content (AvgIpc) is 2.91. The molecule has 2 aromatic rings. The van der Waals surface area contributed by atoms with Gasteiger partial charge >= 0.3 is 0 Å². The Labute approximate surface area is 222 Å². The number of hydrogen-bond donors (Lipinski definition) is 0. The summed E-state index contributed by atoms with van der Waals surface area (Å²) in [5, 5.41) is 0. The first-order valence-electron chi connectivity index (χ1n) is 14.9. The molecule has 0 saturated heterocycles. The Morgan fingerprint density at radius 1 is 0.556 bits per heavy atom. The smallest absolute Gasteiger partial charge is 0.195 e. The molecule has 0 aromatic heterocycles. The molecule has 2 aromatic carbocycles. The van der Waals surface area contributed by atoms with Crippen molar-refractivity contribution in [3.63, 3.8) is 0 Å². The lowest BCUT2D eigenvalue weighted by Crippen LogP contribution is -2.33. The van der Waals surface area contributed by atoms with Crippen LogP contribution in [0.25, 0.3) is 0 Å².